The largest absolute Gasteiger partial charge is 0.493 e. The van der Waals surface area contributed by atoms with Gasteiger partial charge in [-0.25, -0.2) is 4.98 Å². The van der Waals surface area contributed by atoms with E-state index < -0.39 is 0 Å². The van der Waals surface area contributed by atoms with Gasteiger partial charge in [0.25, 0.3) is 0 Å². The van der Waals surface area contributed by atoms with Crippen molar-refractivity contribution in [1.29, 1.82) is 0 Å². The van der Waals surface area contributed by atoms with Crippen LogP contribution >= 0.6 is 11.6 Å². The molecule has 0 saturated heterocycles. The van der Waals surface area contributed by atoms with E-state index >= 15 is 0 Å². The number of halogens is 1. The van der Waals surface area contributed by atoms with Crippen LogP contribution in [0.15, 0.2) is 60.7 Å². The minimum absolute atomic E-state index is 0.528. The van der Waals surface area contributed by atoms with E-state index in [0.29, 0.717) is 31.1 Å². The van der Waals surface area contributed by atoms with Gasteiger partial charge in [0.15, 0.2) is 11.5 Å². The Morgan fingerprint density at radius 1 is 0.935 bits per heavy atom. The number of imidazole rings is 1. The van der Waals surface area contributed by atoms with Crippen LogP contribution in [0.4, 0.5) is 0 Å². The lowest BCUT2D eigenvalue weighted by molar-refractivity contribution is 0.298. The number of benzene rings is 3. The number of ether oxygens (including phenoxy) is 3. The Morgan fingerprint density at radius 2 is 1.74 bits per heavy atom. The van der Waals surface area contributed by atoms with Gasteiger partial charge in [0, 0.05) is 11.4 Å². The summed E-state index contributed by atoms with van der Waals surface area (Å²) in [6.45, 7) is 3.19. The minimum atomic E-state index is 0.528. The molecule has 0 radical (unpaired) electrons. The van der Waals surface area contributed by atoms with Crippen LogP contribution in [-0.2, 0) is 13.0 Å². The SMILES string of the molecule is COc1ccc(Cc2nc3ccccc3n2CCOc2ccc(Cl)c(C)c2)cc1OC. The zero-order valence-electron chi connectivity index (χ0n) is 17.9. The molecule has 0 bridgehead atoms. The lowest BCUT2D eigenvalue weighted by Crippen LogP contribution is -2.11. The third-order valence-corrected chi connectivity index (χ3v) is 5.68. The van der Waals surface area contributed by atoms with Crippen molar-refractivity contribution in [2.45, 2.75) is 19.9 Å². The highest BCUT2D eigenvalue weighted by Gasteiger charge is 2.13. The van der Waals surface area contributed by atoms with Crippen molar-refractivity contribution in [3.8, 4) is 17.2 Å². The summed E-state index contributed by atoms with van der Waals surface area (Å²) in [6.07, 6.45) is 0.676. The van der Waals surface area contributed by atoms with Crippen molar-refractivity contribution in [1.82, 2.24) is 9.55 Å². The van der Waals surface area contributed by atoms with E-state index in [1.165, 1.54) is 0 Å². The van der Waals surface area contributed by atoms with Gasteiger partial charge in [-0.2, -0.15) is 0 Å². The molecule has 0 N–H and O–H groups in total. The number of hydrogen-bond acceptors (Lipinski definition) is 4. The Bertz CT molecular complexity index is 1200. The van der Waals surface area contributed by atoms with Crippen molar-refractivity contribution in [3.05, 3.63) is 82.6 Å². The van der Waals surface area contributed by atoms with Crippen LogP contribution in [0.3, 0.4) is 0 Å². The van der Waals surface area contributed by atoms with Gasteiger partial charge in [-0.15, -0.1) is 0 Å². The van der Waals surface area contributed by atoms with E-state index in [1.54, 1.807) is 14.2 Å². The van der Waals surface area contributed by atoms with E-state index in [-0.39, 0.29) is 0 Å². The molecule has 3 aromatic carbocycles. The zero-order valence-corrected chi connectivity index (χ0v) is 18.6. The third kappa shape index (κ3) is 4.62. The average Bonchev–Trinajstić information content (AvgIpc) is 3.13. The molecule has 31 heavy (non-hydrogen) atoms. The fourth-order valence-corrected chi connectivity index (χ4v) is 3.76. The van der Waals surface area contributed by atoms with E-state index in [2.05, 4.69) is 10.6 Å². The second-order valence-corrected chi connectivity index (χ2v) is 7.70. The summed E-state index contributed by atoms with van der Waals surface area (Å²) in [5.74, 6) is 3.22. The predicted octanol–water partition coefficient (Wildman–Crippen LogP) is 5.69. The van der Waals surface area contributed by atoms with Crippen LogP contribution in [0.5, 0.6) is 17.2 Å². The van der Waals surface area contributed by atoms with E-state index in [9.17, 15) is 0 Å². The van der Waals surface area contributed by atoms with E-state index in [1.807, 2.05) is 61.5 Å². The maximum Gasteiger partial charge on any atom is 0.161 e. The first-order valence-corrected chi connectivity index (χ1v) is 10.5. The minimum Gasteiger partial charge on any atom is -0.493 e. The summed E-state index contributed by atoms with van der Waals surface area (Å²) < 4.78 is 19.0. The maximum absolute atomic E-state index is 6.11. The molecular weight excluding hydrogens is 412 g/mol. The molecule has 1 aromatic heterocycles. The molecule has 4 rings (SSSR count). The van der Waals surface area contributed by atoms with Crippen molar-refractivity contribution in [2.75, 3.05) is 20.8 Å². The van der Waals surface area contributed by atoms with Gasteiger partial charge in [-0.05, 0) is 60.5 Å². The summed E-state index contributed by atoms with van der Waals surface area (Å²) in [7, 11) is 3.28. The van der Waals surface area contributed by atoms with Crippen molar-refractivity contribution in [3.63, 3.8) is 0 Å². The van der Waals surface area contributed by atoms with Crippen molar-refractivity contribution in [2.24, 2.45) is 0 Å². The molecule has 0 aliphatic heterocycles. The molecule has 0 saturated carbocycles. The molecule has 5 nitrogen and oxygen atoms in total. The first-order chi connectivity index (χ1) is 15.1. The lowest BCUT2D eigenvalue weighted by atomic mass is 10.1. The fourth-order valence-electron chi connectivity index (χ4n) is 3.64. The van der Waals surface area contributed by atoms with Crippen LogP contribution in [0, 0.1) is 6.92 Å². The van der Waals surface area contributed by atoms with Crippen molar-refractivity contribution >= 4 is 22.6 Å². The number of nitrogens with zero attached hydrogens (tertiary/aromatic N) is 2. The second kappa shape index (κ2) is 9.31. The number of fused-ring (bicyclic) bond motifs is 1. The first kappa shape index (κ1) is 21.1. The highest BCUT2D eigenvalue weighted by Crippen LogP contribution is 2.29. The zero-order chi connectivity index (χ0) is 21.8. The first-order valence-electron chi connectivity index (χ1n) is 10.1. The van der Waals surface area contributed by atoms with Crippen LogP contribution < -0.4 is 14.2 Å². The quantitative estimate of drug-likeness (QED) is 0.356. The molecule has 4 aromatic rings. The van der Waals surface area contributed by atoms with Gasteiger partial charge in [0.1, 0.15) is 18.2 Å². The third-order valence-electron chi connectivity index (χ3n) is 5.26. The van der Waals surface area contributed by atoms with Gasteiger partial charge in [0.05, 0.1) is 31.8 Å². The number of rotatable bonds is 8. The van der Waals surface area contributed by atoms with Crippen LogP contribution in [0.1, 0.15) is 17.0 Å². The number of aromatic nitrogens is 2. The molecule has 0 aliphatic carbocycles. The van der Waals surface area contributed by atoms with Crippen molar-refractivity contribution < 1.29 is 14.2 Å². The van der Waals surface area contributed by atoms with E-state index in [4.69, 9.17) is 30.8 Å². The molecule has 1 heterocycles. The second-order valence-electron chi connectivity index (χ2n) is 7.29. The molecule has 0 unspecified atom stereocenters. The highest BCUT2D eigenvalue weighted by atomic mass is 35.5. The van der Waals surface area contributed by atoms with Crippen LogP contribution in [-0.4, -0.2) is 30.4 Å². The number of hydrogen-bond donors (Lipinski definition) is 0. The Kier molecular flexibility index (Phi) is 6.33. The van der Waals surface area contributed by atoms with E-state index in [0.717, 1.165) is 38.8 Å². The smallest absolute Gasteiger partial charge is 0.161 e. The monoisotopic (exact) mass is 436 g/mol. The number of para-hydroxylation sites is 2. The van der Waals surface area contributed by atoms with Gasteiger partial charge in [-0.1, -0.05) is 29.8 Å². The predicted molar refractivity (Wildman–Crippen MR) is 124 cm³/mol. The molecule has 160 valence electrons. The topological polar surface area (TPSA) is 45.5 Å². The van der Waals surface area contributed by atoms with Gasteiger partial charge in [0.2, 0.25) is 0 Å². The average molecular weight is 437 g/mol. The highest BCUT2D eigenvalue weighted by molar-refractivity contribution is 6.31. The summed E-state index contributed by atoms with van der Waals surface area (Å²) >= 11 is 6.11. The fraction of sp³-hybridized carbons (Fsp3) is 0.240. The van der Waals surface area contributed by atoms with Crippen LogP contribution in [0.2, 0.25) is 5.02 Å². The molecular formula is C25H25ClN2O3. The summed E-state index contributed by atoms with van der Waals surface area (Å²) in [4.78, 5) is 4.88. The summed E-state index contributed by atoms with van der Waals surface area (Å²) in [6, 6.07) is 19.8. The van der Waals surface area contributed by atoms with Gasteiger partial charge in [-0.3, -0.25) is 0 Å². The molecule has 6 heteroatoms. The Labute approximate surface area is 187 Å². The number of methoxy groups -OCH3 is 2. The molecule has 0 atom stereocenters. The van der Waals surface area contributed by atoms with Gasteiger partial charge < -0.3 is 18.8 Å². The summed E-state index contributed by atoms with van der Waals surface area (Å²) in [5.41, 5.74) is 4.17. The molecule has 0 aliphatic rings. The molecule has 0 amide bonds. The molecule has 0 fully saturated rings. The Morgan fingerprint density at radius 3 is 2.52 bits per heavy atom. The standard InChI is InChI=1S/C25H25ClN2O3/c1-17-14-19(9-10-20(17)26)31-13-12-28-22-7-5-4-6-21(22)27-25(28)16-18-8-11-23(29-2)24(15-18)30-3/h4-11,14-15H,12-13,16H2,1-3H3. The lowest BCUT2D eigenvalue weighted by Gasteiger charge is -2.13. The normalized spacial score (nSPS) is 11.0. The molecule has 0 spiro atoms. The maximum atomic E-state index is 6.11. The Balaban J connectivity index is 1.57. The van der Waals surface area contributed by atoms with Gasteiger partial charge >= 0.3 is 0 Å². The Hall–Kier alpha value is -3.18. The summed E-state index contributed by atoms with van der Waals surface area (Å²) in [5, 5.41) is 0.741. The van der Waals surface area contributed by atoms with Crippen LogP contribution in [0.25, 0.3) is 11.0 Å². The number of aryl methyl sites for hydroxylation is 1.